The van der Waals surface area contributed by atoms with E-state index < -0.39 is 27.2 Å². The van der Waals surface area contributed by atoms with E-state index in [0.29, 0.717) is 23.8 Å². The number of fused-ring (bicyclic) bond motifs is 1. The molecule has 5 nitrogen and oxygen atoms in total. The average molecular weight is 382 g/mol. The Labute approximate surface area is 141 Å². The summed E-state index contributed by atoms with van der Waals surface area (Å²) in [6.45, 7) is 2.12. The molecular formula is C15H14F4O5S. The van der Waals surface area contributed by atoms with E-state index in [2.05, 4.69) is 8.92 Å². The van der Waals surface area contributed by atoms with Crippen LogP contribution in [0, 0.1) is 5.82 Å². The van der Waals surface area contributed by atoms with Crippen LogP contribution in [0.1, 0.15) is 12.5 Å². The van der Waals surface area contributed by atoms with Crippen molar-refractivity contribution in [2.75, 3.05) is 7.11 Å². The Morgan fingerprint density at radius 2 is 1.76 bits per heavy atom. The molecular weight excluding hydrogens is 368 g/mol. The second kappa shape index (κ2) is 8.15. The fourth-order valence-electron chi connectivity index (χ4n) is 1.79. The smallest absolute Gasteiger partial charge is 0.471 e. The van der Waals surface area contributed by atoms with E-state index in [9.17, 15) is 26.0 Å². The summed E-state index contributed by atoms with van der Waals surface area (Å²) < 4.78 is 80.7. The molecule has 0 heterocycles. The molecule has 25 heavy (non-hydrogen) atoms. The van der Waals surface area contributed by atoms with E-state index in [0.717, 1.165) is 18.2 Å². The van der Waals surface area contributed by atoms with Crippen molar-refractivity contribution in [3.05, 3.63) is 41.7 Å². The highest BCUT2D eigenvalue weighted by Gasteiger charge is 2.48. The minimum Gasteiger partial charge on any atom is -0.471 e. The fourth-order valence-corrected chi connectivity index (χ4v) is 2.26. The van der Waals surface area contributed by atoms with Gasteiger partial charge in [0.2, 0.25) is 0 Å². The molecule has 0 fully saturated rings. The summed E-state index contributed by atoms with van der Waals surface area (Å²) in [6, 6.07) is 6.18. The zero-order chi connectivity index (χ0) is 19.3. The van der Waals surface area contributed by atoms with Gasteiger partial charge in [-0.3, -0.25) is 4.79 Å². The molecule has 10 heteroatoms. The Morgan fingerprint density at radius 1 is 1.16 bits per heavy atom. The standard InChI is InChI=1S/C13H10F4O3S.C2H4O2/c1-2-8-5-9-3-4-10(14)7-11(9)12(6-8)20-21(18,19)13(15,16)17;1-4-2-3/h3-7H,2H2,1H3;2H,1H3. The highest BCUT2D eigenvalue weighted by molar-refractivity contribution is 7.88. The number of ether oxygens (including phenoxy) is 1. The van der Waals surface area contributed by atoms with Gasteiger partial charge in [0.25, 0.3) is 6.47 Å². The number of benzene rings is 2. The molecule has 0 aliphatic heterocycles. The lowest BCUT2D eigenvalue weighted by molar-refractivity contribution is -0.126. The first-order valence-electron chi connectivity index (χ1n) is 6.75. The third-order valence-electron chi connectivity index (χ3n) is 2.93. The molecule has 0 saturated heterocycles. The molecule has 0 atom stereocenters. The third kappa shape index (κ3) is 5.31. The van der Waals surface area contributed by atoms with E-state index in [-0.39, 0.29) is 5.39 Å². The Hall–Kier alpha value is -2.36. The second-order valence-electron chi connectivity index (χ2n) is 4.63. The average Bonchev–Trinajstić information content (AvgIpc) is 2.54. The van der Waals surface area contributed by atoms with Crippen molar-refractivity contribution in [2.24, 2.45) is 0 Å². The molecule has 0 saturated carbocycles. The normalized spacial score (nSPS) is 11.4. The maximum absolute atomic E-state index is 13.2. The zero-order valence-electron chi connectivity index (χ0n) is 13.1. The fraction of sp³-hybridized carbons (Fsp3) is 0.267. The van der Waals surface area contributed by atoms with Gasteiger partial charge in [0, 0.05) is 5.39 Å². The molecule has 0 aliphatic carbocycles. The number of halogens is 4. The van der Waals surface area contributed by atoms with E-state index in [1.54, 1.807) is 13.0 Å². The molecule has 2 aromatic carbocycles. The first-order chi connectivity index (χ1) is 11.6. The van der Waals surface area contributed by atoms with Crippen LogP contribution in [0.2, 0.25) is 0 Å². The molecule has 138 valence electrons. The van der Waals surface area contributed by atoms with Gasteiger partial charge < -0.3 is 8.92 Å². The molecule has 0 aromatic heterocycles. The monoisotopic (exact) mass is 382 g/mol. The summed E-state index contributed by atoms with van der Waals surface area (Å²) in [7, 11) is -4.49. The van der Waals surface area contributed by atoms with Crippen LogP contribution < -0.4 is 4.18 Å². The molecule has 0 amide bonds. The molecule has 0 N–H and O–H groups in total. The Balaban J connectivity index is 0.000000705. The molecule has 0 aliphatic rings. The highest BCUT2D eigenvalue weighted by atomic mass is 32.2. The van der Waals surface area contributed by atoms with Crippen molar-refractivity contribution in [2.45, 2.75) is 18.9 Å². The molecule has 2 aromatic rings. The summed E-state index contributed by atoms with van der Waals surface area (Å²) in [5, 5.41) is 0.350. The van der Waals surface area contributed by atoms with Gasteiger partial charge in [-0.2, -0.15) is 21.6 Å². The Bertz CT molecular complexity index is 847. The predicted octanol–water partition coefficient (Wildman–Crippen LogP) is 3.56. The van der Waals surface area contributed by atoms with Crippen molar-refractivity contribution in [3.8, 4) is 5.75 Å². The number of aryl methyl sites for hydroxylation is 1. The van der Waals surface area contributed by atoms with Crippen LogP contribution >= 0.6 is 0 Å². The van der Waals surface area contributed by atoms with Gasteiger partial charge in [0.1, 0.15) is 5.82 Å². The number of carbonyl (C=O) groups is 1. The lowest BCUT2D eigenvalue weighted by Crippen LogP contribution is -2.28. The number of methoxy groups -OCH3 is 1. The summed E-state index contributed by atoms with van der Waals surface area (Å²) in [5.41, 5.74) is -4.98. The Morgan fingerprint density at radius 3 is 2.24 bits per heavy atom. The van der Waals surface area contributed by atoms with E-state index in [4.69, 9.17) is 4.79 Å². The molecule has 0 unspecified atom stereocenters. The van der Waals surface area contributed by atoms with Gasteiger partial charge >= 0.3 is 15.6 Å². The van der Waals surface area contributed by atoms with Crippen LogP contribution in [0.25, 0.3) is 10.8 Å². The summed E-state index contributed by atoms with van der Waals surface area (Å²) in [4.78, 5) is 8.95. The topological polar surface area (TPSA) is 69.7 Å². The SMILES string of the molecule is CCc1cc(OS(=O)(=O)C(F)(F)F)c2cc(F)ccc2c1.COC=O. The second-order valence-corrected chi connectivity index (χ2v) is 6.17. The number of hydrogen-bond donors (Lipinski definition) is 0. The van der Waals surface area contributed by atoms with E-state index >= 15 is 0 Å². The van der Waals surface area contributed by atoms with Gasteiger partial charge in [0.05, 0.1) is 7.11 Å². The highest BCUT2D eigenvalue weighted by Crippen LogP contribution is 2.33. The number of carbonyl (C=O) groups excluding carboxylic acids is 1. The molecule has 2 rings (SSSR count). The van der Waals surface area contributed by atoms with Gasteiger partial charge in [-0.1, -0.05) is 19.1 Å². The van der Waals surface area contributed by atoms with Crippen LogP contribution in [-0.2, 0) is 26.1 Å². The van der Waals surface area contributed by atoms with Gasteiger partial charge in [-0.25, -0.2) is 4.39 Å². The van der Waals surface area contributed by atoms with Crippen LogP contribution in [0.15, 0.2) is 30.3 Å². The third-order valence-corrected chi connectivity index (χ3v) is 3.89. The maximum Gasteiger partial charge on any atom is 0.534 e. The van der Waals surface area contributed by atoms with Gasteiger partial charge in [-0.15, -0.1) is 0 Å². The van der Waals surface area contributed by atoms with Crippen LogP contribution in [0.4, 0.5) is 17.6 Å². The predicted molar refractivity (Wildman–Crippen MR) is 82.0 cm³/mol. The maximum atomic E-state index is 13.2. The number of rotatable bonds is 4. The van der Waals surface area contributed by atoms with Crippen LogP contribution in [0.5, 0.6) is 5.75 Å². The van der Waals surface area contributed by atoms with Crippen molar-refractivity contribution in [1.82, 2.24) is 0 Å². The van der Waals surface area contributed by atoms with E-state index in [1.807, 2.05) is 0 Å². The minimum absolute atomic E-state index is 0.0416. The lowest BCUT2D eigenvalue weighted by atomic mass is 10.0. The zero-order valence-corrected chi connectivity index (χ0v) is 13.9. The first-order valence-corrected chi connectivity index (χ1v) is 8.16. The Kier molecular flexibility index (Phi) is 6.74. The van der Waals surface area contributed by atoms with Crippen molar-refractivity contribution in [1.29, 1.82) is 0 Å². The summed E-state index contributed by atoms with van der Waals surface area (Å²) in [6.07, 6.45) is 0.454. The summed E-state index contributed by atoms with van der Waals surface area (Å²) >= 11 is 0. The van der Waals surface area contributed by atoms with Crippen LogP contribution in [0.3, 0.4) is 0 Å². The molecule has 0 spiro atoms. The summed E-state index contributed by atoms with van der Waals surface area (Å²) in [5.74, 6) is -1.25. The molecule has 0 bridgehead atoms. The minimum atomic E-state index is -5.80. The lowest BCUT2D eigenvalue weighted by Gasteiger charge is -2.13. The number of alkyl halides is 3. The quantitative estimate of drug-likeness (QED) is 0.350. The van der Waals surface area contributed by atoms with Crippen molar-refractivity contribution >= 4 is 27.4 Å². The number of hydrogen-bond acceptors (Lipinski definition) is 5. The first kappa shape index (κ1) is 20.7. The molecule has 0 radical (unpaired) electrons. The van der Waals surface area contributed by atoms with Gasteiger partial charge in [0.15, 0.2) is 5.75 Å². The van der Waals surface area contributed by atoms with Crippen molar-refractivity contribution in [3.63, 3.8) is 0 Å². The van der Waals surface area contributed by atoms with Crippen molar-refractivity contribution < 1.29 is 39.7 Å². The largest absolute Gasteiger partial charge is 0.534 e. The van der Waals surface area contributed by atoms with Gasteiger partial charge in [-0.05, 0) is 35.6 Å². The van der Waals surface area contributed by atoms with Crippen LogP contribution in [-0.4, -0.2) is 27.5 Å². The van der Waals surface area contributed by atoms with E-state index in [1.165, 1.54) is 13.2 Å².